The summed E-state index contributed by atoms with van der Waals surface area (Å²) in [5, 5.41) is 2.97. The van der Waals surface area contributed by atoms with Crippen molar-refractivity contribution in [2.45, 2.75) is 13.1 Å². The summed E-state index contributed by atoms with van der Waals surface area (Å²) in [4.78, 5) is 22.9. The van der Waals surface area contributed by atoms with E-state index in [1.807, 2.05) is 77.4 Å². The number of nitrogens with one attached hydrogen (secondary N) is 1. The molecule has 1 amide bonds. The number of amides is 1. The molecule has 0 bridgehead atoms. The topological polar surface area (TPSA) is 104 Å². The molecular formula is C26H21N5O3. The number of ether oxygens (including phenoxy) is 2. The highest BCUT2D eigenvalue weighted by Crippen LogP contribution is 2.34. The molecule has 0 aliphatic carbocycles. The molecule has 8 nitrogen and oxygen atoms in total. The number of hydrogen-bond donors (Lipinski definition) is 2. The summed E-state index contributed by atoms with van der Waals surface area (Å²) in [5.74, 6) is 1.42. The lowest BCUT2D eigenvalue weighted by Crippen LogP contribution is -2.24. The molecule has 6 rings (SSSR count). The number of benzene rings is 3. The van der Waals surface area contributed by atoms with Gasteiger partial charge in [-0.2, -0.15) is 0 Å². The van der Waals surface area contributed by atoms with Crippen LogP contribution in [-0.2, 0) is 13.1 Å². The number of nitrogens with zero attached hydrogens (tertiary/aromatic N) is 3. The van der Waals surface area contributed by atoms with Crippen molar-refractivity contribution in [2.75, 3.05) is 12.5 Å². The molecule has 0 radical (unpaired) electrons. The molecule has 0 fully saturated rings. The third kappa shape index (κ3) is 3.45. The van der Waals surface area contributed by atoms with E-state index in [1.54, 1.807) is 0 Å². The van der Waals surface area contributed by atoms with Gasteiger partial charge < -0.3 is 25.1 Å². The van der Waals surface area contributed by atoms with Gasteiger partial charge in [-0.05, 0) is 35.4 Å². The van der Waals surface area contributed by atoms with Crippen LogP contribution in [0.5, 0.6) is 11.5 Å². The van der Waals surface area contributed by atoms with Gasteiger partial charge in [-0.15, -0.1) is 0 Å². The van der Waals surface area contributed by atoms with Crippen LogP contribution in [0.3, 0.4) is 0 Å². The largest absolute Gasteiger partial charge is 0.454 e. The van der Waals surface area contributed by atoms with Crippen molar-refractivity contribution in [3.63, 3.8) is 0 Å². The molecule has 3 heterocycles. The summed E-state index contributed by atoms with van der Waals surface area (Å²) in [6.07, 6.45) is 0. The average Bonchev–Trinajstić information content (AvgIpc) is 3.44. The third-order valence-electron chi connectivity index (χ3n) is 5.89. The molecule has 3 N–H and O–H groups in total. The maximum atomic E-state index is 13.3. The Labute approximate surface area is 194 Å². The lowest BCUT2D eigenvalue weighted by Gasteiger charge is -2.09. The fraction of sp³-hybridized carbons (Fsp3) is 0.115. The van der Waals surface area contributed by atoms with E-state index < -0.39 is 0 Å². The first-order chi connectivity index (χ1) is 16.7. The summed E-state index contributed by atoms with van der Waals surface area (Å²) in [6, 6.07) is 23.0. The van der Waals surface area contributed by atoms with Crippen LogP contribution >= 0.6 is 0 Å². The predicted molar refractivity (Wildman–Crippen MR) is 129 cm³/mol. The van der Waals surface area contributed by atoms with Gasteiger partial charge in [0.2, 0.25) is 6.79 Å². The Bertz CT molecular complexity index is 1550. The Kier molecular flexibility index (Phi) is 4.76. The molecule has 0 saturated carbocycles. The lowest BCUT2D eigenvalue weighted by molar-refractivity contribution is 0.0953. The van der Waals surface area contributed by atoms with Crippen LogP contribution in [0.1, 0.15) is 21.5 Å². The van der Waals surface area contributed by atoms with E-state index >= 15 is 0 Å². The monoisotopic (exact) mass is 451 g/mol. The molecule has 0 saturated heterocycles. The molecule has 5 aromatic rings. The van der Waals surface area contributed by atoms with E-state index in [4.69, 9.17) is 25.2 Å². The van der Waals surface area contributed by atoms with Crippen molar-refractivity contribution >= 4 is 33.9 Å². The normalized spacial score (nSPS) is 12.4. The van der Waals surface area contributed by atoms with E-state index in [0.29, 0.717) is 52.7 Å². The first kappa shape index (κ1) is 20.0. The molecule has 3 aromatic carbocycles. The van der Waals surface area contributed by atoms with E-state index in [-0.39, 0.29) is 12.7 Å². The van der Waals surface area contributed by atoms with Gasteiger partial charge in [0, 0.05) is 6.54 Å². The number of hydrogen-bond acceptors (Lipinski definition) is 6. The minimum Gasteiger partial charge on any atom is -0.454 e. The minimum atomic E-state index is -0.291. The molecule has 1 aliphatic rings. The molecule has 0 atom stereocenters. The van der Waals surface area contributed by atoms with Crippen molar-refractivity contribution in [1.82, 2.24) is 19.9 Å². The smallest absolute Gasteiger partial charge is 0.257 e. The average molecular weight is 451 g/mol. The number of para-hydroxylation sites is 2. The molecule has 8 heteroatoms. The molecule has 34 heavy (non-hydrogen) atoms. The number of nitrogens with two attached hydrogens (primary N) is 1. The van der Waals surface area contributed by atoms with Gasteiger partial charge in [-0.1, -0.05) is 48.5 Å². The van der Waals surface area contributed by atoms with Crippen molar-refractivity contribution < 1.29 is 14.3 Å². The van der Waals surface area contributed by atoms with E-state index in [2.05, 4.69) is 5.32 Å². The van der Waals surface area contributed by atoms with Gasteiger partial charge >= 0.3 is 0 Å². The zero-order chi connectivity index (χ0) is 23.1. The van der Waals surface area contributed by atoms with Crippen molar-refractivity contribution in [3.05, 3.63) is 89.5 Å². The molecule has 1 aliphatic heterocycles. The fourth-order valence-electron chi connectivity index (χ4n) is 4.19. The maximum absolute atomic E-state index is 13.3. The van der Waals surface area contributed by atoms with Gasteiger partial charge in [0.05, 0.1) is 17.6 Å². The van der Waals surface area contributed by atoms with E-state index in [9.17, 15) is 4.79 Å². The summed E-state index contributed by atoms with van der Waals surface area (Å²) in [7, 11) is 0. The Morgan fingerprint density at radius 2 is 1.65 bits per heavy atom. The van der Waals surface area contributed by atoms with Crippen LogP contribution < -0.4 is 20.5 Å². The standard InChI is InChI=1S/C26H21N5O3/c27-24-22(26(32)28-13-16-6-2-1-3-7-16)23-25(30-19-9-5-4-8-18(19)29-23)31(24)14-17-10-11-20-21(12-17)34-15-33-20/h1-12H,13-15,27H2,(H,28,32). The summed E-state index contributed by atoms with van der Waals surface area (Å²) in [6.45, 7) is 0.990. The van der Waals surface area contributed by atoms with E-state index in [1.165, 1.54) is 0 Å². The van der Waals surface area contributed by atoms with Crippen LogP contribution in [0.15, 0.2) is 72.8 Å². The van der Waals surface area contributed by atoms with Crippen molar-refractivity contribution in [3.8, 4) is 11.5 Å². The number of anilines is 1. The van der Waals surface area contributed by atoms with Crippen LogP contribution in [0.4, 0.5) is 5.82 Å². The molecule has 2 aromatic heterocycles. The maximum Gasteiger partial charge on any atom is 0.257 e. The molecular weight excluding hydrogens is 430 g/mol. The quantitative estimate of drug-likeness (QED) is 0.420. The highest BCUT2D eigenvalue weighted by molar-refractivity contribution is 6.10. The van der Waals surface area contributed by atoms with Gasteiger partial charge in [-0.3, -0.25) is 4.79 Å². The van der Waals surface area contributed by atoms with Gasteiger partial charge in [0.15, 0.2) is 17.1 Å². The Hall–Kier alpha value is -4.59. The molecule has 0 unspecified atom stereocenters. The van der Waals surface area contributed by atoms with Gasteiger partial charge in [0.1, 0.15) is 16.9 Å². The molecule has 168 valence electrons. The number of rotatable bonds is 5. The highest BCUT2D eigenvalue weighted by atomic mass is 16.7. The van der Waals surface area contributed by atoms with E-state index in [0.717, 1.165) is 16.6 Å². The van der Waals surface area contributed by atoms with Crippen LogP contribution in [0.25, 0.3) is 22.2 Å². The van der Waals surface area contributed by atoms with Crippen LogP contribution in [0, 0.1) is 0 Å². The Morgan fingerprint density at radius 1 is 0.912 bits per heavy atom. The number of carbonyl (C=O) groups is 1. The SMILES string of the molecule is Nc1c(C(=O)NCc2ccccc2)c2nc3ccccc3nc2n1Cc1ccc2c(c1)OCO2. The summed E-state index contributed by atoms with van der Waals surface area (Å²) >= 11 is 0. The van der Waals surface area contributed by atoms with Crippen LogP contribution in [0.2, 0.25) is 0 Å². The summed E-state index contributed by atoms with van der Waals surface area (Å²) < 4.78 is 12.8. The number of carbonyl (C=O) groups excluding carboxylic acids is 1. The second-order valence-corrected chi connectivity index (χ2v) is 8.09. The Morgan fingerprint density at radius 3 is 2.47 bits per heavy atom. The highest BCUT2D eigenvalue weighted by Gasteiger charge is 2.24. The third-order valence-corrected chi connectivity index (χ3v) is 5.89. The van der Waals surface area contributed by atoms with Crippen molar-refractivity contribution in [2.24, 2.45) is 0 Å². The number of aromatic nitrogens is 3. The minimum absolute atomic E-state index is 0.205. The second-order valence-electron chi connectivity index (χ2n) is 8.09. The van der Waals surface area contributed by atoms with Gasteiger partial charge in [0.25, 0.3) is 5.91 Å². The zero-order valence-electron chi connectivity index (χ0n) is 18.2. The van der Waals surface area contributed by atoms with Gasteiger partial charge in [-0.25, -0.2) is 9.97 Å². The predicted octanol–water partition coefficient (Wildman–Crippen LogP) is 3.87. The first-order valence-corrected chi connectivity index (χ1v) is 10.9. The number of nitrogen functional groups attached to an aromatic ring is 1. The molecule has 0 spiro atoms. The Balaban J connectivity index is 1.44. The lowest BCUT2D eigenvalue weighted by atomic mass is 10.2. The number of fused-ring (bicyclic) bond motifs is 3. The fourth-order valence-corrected chi connectivity index (χ4v) is 4.19. The zero-order valence-corrected chi connectivity index (χ0v) is 18.2. The van der Waals surface area contributed by atoms with Crippen LogP contribution in [-0.4, -0.2) is 27.2 Å². The summed E-state index contributed by atoms with van der Waals surface area (Å²) in [5.41, 5.74) is 11.3. The van der Waals surface area contributed by atoms with Crippen molar-refractivity contribution in [1.29, 1.82) is 0 Å². The first-order valence-electron chi connectivity index (χ1n) is 10.9. The second kappa shape index (κ2) is 8.08.